The molecule has 1 aliphatic rings. The molecule has 0 heterocycles. The number of phenols is 5. The van der Waals surface area contributed by atoms with E-state index in [-0.39, 0.29) is 47.4 Å². The summed E-state index contributed by atoms with van der Waals surface area (Å²) < 4.78 is 5.32. The summed E-state index contributed by atoms with van der Waals surface area (Å²) in [6, 6.07) is 20.6. The number of hydrogen-bond donors (Lipinski definition) is 7. The van der Waals surface area contributed by atoms with Crippen LogP contribution in [0.1, 0.15) is 33.7 Å². The van der Waals surface area contributed by atoms with Crippen LogP contribution in [0.25, 0.3) is 6.08 Å². The first kappa shape index (κ1) is 30.8. The van der Waals surface area contributed by atoms with E-state index in [2.05, 4.69) is 10.6 Å². The molecule has 0 saturated carbocycles. The third-order valence-electron chi connectivity index (χ3n) is 7.89. The van der Waals surface area contributed by atoms with Gasteiger partial charge in [-0.2, -0.15) is 0 Å². The number of rotatable bonds is 10. The molecule has 232 valence electrons. The summed E-state index contributed by atoms with van der Waals surface area (Å²) >= 11 is 0. The Balaban J connectivity index is 1.51. The van der Waals surface area contributed by atoms with Gasteiger partial charge in [-0.3, -0.25) is 9.59 Å². The molecular weight excluding hydrogens is 576 g/mol. The van der Waals surface area contributed by atoms with E-state index in [1.165, 1.54) is 25.3 Å². The zero-order chi connectivity index (χ0) is 32.1. The molecule has 0 saturated heterocycles. The average Bonchev–Trinajstić information content (AvgIpc) is 3.03. The predicted octanol–water partition coefficient (Wildman–Crippen LogP) is 4.09. The van der Waals surface area contributed by atoms with Crippen molar-refractivity contribution in [2.45, 2.75) is 18.8 Å². The topological polar surface area (TPSA) is 169 Å². The standard InChI is InChI=1S/C35H34N2O8/c1-45-31-18-23-16-27(34(43)36-14-12-20-2-7-24(38)8-3-20)33(35(44)37-15-13-21-4-9-25(39)10-5-21)32(26(23)19-30(31)42)22-6-11-28(40)29(41)17-22/h2-11,16-19,32-33,38-42H,12-15H2,1H3,(H,36,43)(H,37,44)/t32-,33-/m1/s1. The Hall–Kier alpha value is -5.64. The molecule has 1 aliphatic carbocycles. The molecule has 0 fully saturated rings. The Morgan fingerprint density at radius 2 is 1.31 bits per heavy atom. The number of nitrogens with one attached hydrogen (secondary N) is 2. The molecule has 0 spiro atoms. The first-order valence-electron chi connectivity index (χ1n) is 14.4. The first-order valence-corrected chi connectivity index (χ1v) is 14.4. The number of amides is 2. The van der Waals surface area contributed by atoms with Crippen molar-refractivity contribution in [2.75, 3.05) is 20.2 Å². The quantitative estimate of drug-likeness (QED) is 0.132. The molecule has 5 rings (SSSR count). The molecule has 0 aromatic heterocycles. The highest BCUT2D eigenvalue weighted by Crippen LogP contribution is 2.47. The van der Waals surface area contributed by atoms with Crippen molar-refractivity contribution < 1.29 is 39.9 Å². The van der Waals surface area contributed by atoms with Gasteiger partial charge in [0.2, 0.25) is 11.8 Å². The number of ether oxygens (including phenoxy) is 1. The van der Waals surface area contributed by atoms with Gasteiger partial charge in [-0.1, -0.05) is 30.3 Å². The highest BCUT2D eigenvalue weighted by Gasteiger charge is 2.41. The molecule has 0 bridgehead atoms. The van der Waals surface area contributed by atoms with Crippen LogP contribution in [0.15, 0.2) is 84.4 Å². The van der Waals surface area contributed by atoms with E-state index in [1.807, 2.05) is 0 Å². The number of hydrogen-bond acceptors (Lipinski definition) is 8. The van der Waals surface area contributed by atoms with E-state index in [0.29, 0.717) is 29.5 Å². The van der Waals surface area contributed by atoms with Crippen molar-refractivity contribution in [1.29, 1.82) is 0 Å². The van der Waals surface area contributed by atoms with Crippen molar-refractivity contribution in [3.05, 3.63) is 112 Å². The number of phenolic OH excluding ortho intramolecular Hbond substituents is 5. The summed E-state index contributed by atoms with van der Waals surface area (Å²) in [6.07, 6.45) is 2.56. The van der Waals surface area contributed by atoms with Gasteiger partial charge in [0.15, 0.2) is 23.0 Å². The monoisotopic (exact) mass is 610 g/mol. The molecule has 4 aromatic carbocycles. The van der Waals surface area contributed by atoms with Crippen LogP contribution in [-0.4, -0.2) is 57.5 Å². The van der Waals surface area contributed by atoms with Crippen molar-refractivity contribution in [3.63, 3.8) is 0 Å². The Bertz CT molecular complexity index is 1730. The highest BCUT2D eigenvalue weighted by molar-refractivity contribution is 6.06. The number of benzene rings is 4. The molecule has 10 heteroatoms. The molecular formula is C35H34N2O8. The minimum Gasteiger partial charge on any atom is -0.508 e. The fraction of sp³-hybridized carbons (Fsp3) is 0.200. The van der Waals surface area contributed by atoms with E-state index in [4.69, 9.17) is 4.74 Å². The van der Waals surface area contributed by atoms with Gasteiger partial charge < -0.3 is 40.9 Å². The number of aromatic hydroxyl groups is 5. The van der Waals surface area contributed by atoms with Crippen LogP contribution < -0.4 is 15.4 Å². The summed E-state index contributed by atoms with van der Waals surface area (Å²) in [6.45, 7) is 0.497. The van der Waals surface area contributed by atoms with Crippen LogP contribution >= 0.6 is 0 Å². The molecule has 2 amide bonds. The molecule has 7 N–H and O–H groups in total. The van der Waals surface area contributed by atoms with Crippen LogP contribution in [-0.2, 0) is 22.4 Å². The zero-order valence-electron chi connectivity index (χ0n) is 24.5. The van der Waals surface area contributed by atoms with Crippen molar-refractivity contribution >= 4 is 17.9 Å². The van der Waals surface area contributed by atoms with E-state index in [0.717, 1.165) is 11.1 Å². The van der Waals surface area contributed by atoms with Crippen LogP contribution in [0, 0.1) is 5.92 Å². The maximum Gasteiger partial charge on any atom is 0.248 e. The smallest absolute Gasteiger partial charge is 0.248 e. The van der Waals surface area contributed by atoms with Crippen LogP contribution in [0.2, 0.25) is 0 Å². The number of carbonyl (C=O) groups is 2. The maximum atomic E-state index is 14.0. The van der Waals surface area contributed by atoms with Gasteiger partial charge in [-0.05, 0) is 95.3 Å². The summed E-state index contributed by atoms with van der Waals surface area (Å²) in [5, 5.41) is 56.1. The third kappa shape index (κ3) is 6.96. The van der Waals surface area contributed by atoms with Gasteiger partial charge in [0.25, 0.3) is 0 Å². The van der Waals surface area contributed by atoms with Gasteiger partial charge in [0.05, 0.1) is 13.0 Å². The van der Waals surface area contributed by atoms with E-state index in [1.54, 1.807) is 66.7 Å². The summed E-state index contributed by atoms with van der Waals surface area (Å²) in [5.74, 6) is -3.28. The van der Waals surface area contributed by atoms with Crippen molar-refractivity contribution in [1.82, 2.24) is 10.6 Å². The summed E-state index contributed by atoms with van der Waals surface area (Å²) in [7, 11) is 1.41. The average molecular weight is 611 g/mol. The second-order valence-electron chi connectivity index (χ2n) is 10.8. The van der Waals surface area contributed by atoms with Gasteiger partial charge in [0.1, 0.15) is 11.5 Å². The van der Waals surface area contributed by atoms with Gasteiger partial charge in [-0.25, -0.2) is 0 Å². The minimum atomic E-state index is -1.08. The molecule has 4 aromatic rings. The molecule has 45 heavy (non-hydrogen) atoms. The number of methoxy groups -OCH3 is 1. The van der Waals surface area contributed by atoms with Gasteiger partial charge in [0, 0.05) is 24.6 Å². The second-order valence-corrected chi connectivity index (χ2v) is 10.8. The molecule has 0 radical (unpaired) electrons. The normalized spacial score (nSPS) is 15.4. The van der Waals surface area contributed by atoms with Crippen molar-refractivity contribution in [2.24, 2.45) is 5.92 Å². The number of fused-ring (bicyclic) bond motifs is 1. The number of carbonyl (C=O) groups excluding carboxylic acids is 2. The molecule has 0 unspecified atom stereocenters. The fourth-order valence-corrected chi connectivity index (χ4v) is 5.57. The maximum absolute atomic E-state index is 14.0. The molecule has 0 aliphatic heterocycles. The first-order chi connectivity index (χ1) is 21.6. The highest BCUT2D eigenvalue weighted by atomic mass is 16.5. The predicted molar refractivity (Wildman–Crippen MR) is 167 cm³/mol. The minimum absolute atomic E-state index is 0.134. The van der Waals surface area contributed by atoms with E-state index in [9.17, 15) is 35.1 Å². The van der Waals surface area contributed by atoms with Crippen LogP contribution in [0.4, 0.5) is 0 Å². The van der Waals surface area contributed by atoms with E-state index >= 15 is 0 Å². The molecule has 2 atom stereocenters. The Labute approximate surface area is 259 Å². The van der Waals surface area contributed by atoms with Crippen molar-refractivity contribution in [3.8, 4) is 34.5 Å². The van der Waals surface area contributed by atoms with Crippen LogP contribution in [0.3, 0.4) is 0 Å². The Kier molecular flexibility index (Phi) is 9.13. The lowest BCUT2D eigenvalue weighted by molar-refractivity contribution is -0.127. The third-order valence-corrected chi connectivity index (χ3v) is 7.89. The SMILES string of the molecule is COc1cc2c(cc1O)[C@@H](c1ccc(O)c(O)c1)[C@H](C(=O)NCCc1ccc(O)cc1)C(C(=O)NCCc1ccc(O)cc1)=C2. The fourth-order valence-electron chi connectivity index (χ4n) is 5.57. The lowest BCUT2D eigenvalue weighted by Gasteiger charge is -2.34. The van der Waals surface area contributed by atoms with E-state index < -0.39 is 29.4 Å². The Morgan fingerprint density at radius 3 is 1.89 bits per heavy atom. The largest absolute Gasteiger partial charge is 0.508 e. The van der Waals surface area contributed by atoms with Gasteiger partial charge in [-0.15, -0.1) is 0 Å². The second kappa shape index (κ2) is 13.3. The Morgan fingerprint density at radius 1 is 0.711 bits per heavy atom. The van der Waals surface area contributed by atoms with Gasteiger partial charge >= 0.3 is 0 Å². The zero-order valence-corrected chi connectivity index (χ0v) is 24.5. The lowest BCUT2D eigenvalue weighted by atomic mass is 9.70. The summed E-state index contributed by atoms with van der Waals surface area (Å²) in [4.78, 5) is 27.9. The summed E-state index contributed by atoms with van der Waals surface area (Å²) in [5.41, 5.74) is 3.47. The molecule has 10 nitrogen and oxygen atoms in total. The van der Waals surface area contributed by atoms with Crippen LogP contribution in [0.5, 0.6) is 34.5 Å². The lowest BCUT2D eigenvalue weighted by Crippen LogP contribution is -2.42.